The summed E-state index contributed by atoms with van der Waals surface area (Å²) in [6.45, 7) is 4.60. The second kappa shape index (κ2) is 16.3. The Morgan fingerprint density at radius 3 is 2.27 bits per heavy atom. The zero-order valence-electron chi connectivity index (χ0n) is 25.5. The van der Waals surface area contributed by atoms with Crippen molar-refractivity contribution in [2.45, 2.75) is 64.1 Å². The number of amides is 2. The molecule has 0 aromatic heterocycles. The van der Waals surface area contributed by atoms with Crippen molar-refractivity contribution in [3.63, 3.8) is 0 Å². The molecular formula is C34H43N3O7. The second-order valence-electron chi connectivity index (χ2n) is 11.0. The summed E-state index contributed by atoms with van der Waals surface area (Å²) in [6.07, 6.45) is -1.08. The summed E-state index contributed by atoms with van der Waals surface area (Å²) in [7, 11) is 1.99. The molecule has 1 aliphatic rings. The van der Waals surface area contributed by atoms with Gasteiger partial charge in [0.05, 0.1) is 31.5 Å². The van der Waals surface area contributed by atoms with Gasteiger partial charge in [-0.15, -0.1) is 0 Å². The molecule has 10 nitrogen and oxygen atoms in total. The molecule has 0 radical (unpaired) electrons. The second-order valence-corrected chi connectivity index (χ2v) is 11.0. The number of ether oxygens (including phenoxy) is 3. The zero-order valence-corrected chi connectivity index (χ0v) is 25.5. The third-order valence-corrected chi connectivity index (χ3v) is 7.80. The molecule has 0 saturated carbocycles. The minimum Gasteiger partial charge on any atom is -0.465 e. The monoisotopic (exact) mass is 605 g/mol. The number of nitrogens with zero attached hydrogens (tertiary/aromatic N) is 1. The van der Waals surface area contributed by atoms with E-state index < -0.39 is 24.4 Å². The van der Waals surface area contributed by atoms with Crippen molar-refractivity contribution in [1.82, 2.24) is 15.5 Å². The normalized spacial score (nSPS) is 19.6. The fourth-order valence-corrected chi connectivity index (χ4v) is 5.09. The number of likely N-dealkylation sites (N-methyl/N-ethyl adjacent to an activating group) is 1. The first-order valence-electron chi connectivity index (χ1n) is 15.0. The molecule has 3 aromatic carbocycles. The van der Waals surface area contributed by atoms with E-state index in [-0.39, 0.29) is 44.6 Å². The Labute approximate surface area is 258 Å². The predicted molar refractivity (Wildman–Crippen MR) is 165 cm³/mol. The van der Waals surface area contributed by atoms with Crippen LogP contribution in [0, 0.1) is 0 Å². The predicted octanol–water partition coefficient (Wildman–Crippen LogP) is 4.14. The maximum absolute atomic E-state index is 12.0. The van der Waals surface area contributed by atoms with Gasteiger partial charge in [0.1, 0.15) is 6.54 Å². The van der Waals surface area contributed by atoms with Gasteiger partial charge in [0.2, 0.25) is 0 Å². The Kier molecular flexibility index (Phi) is 12.3. The van der Waals surface area contributed by atoms with Gasteiger partial charge in [-0.2, -0.15) is 0 Å². The van der Waals surface area contributed by atoms with E-state index in [2.05, 4.69) is 15.5 Å². The number of hydrogen-bond donors (Lipinski definition) is 4. The largest absolute Gasteiger partial charge is 0.465 e. The van der Waals surface area contributed by atoms with E-state index in [0.717, 1.165) is 27.8 Å². The van der Waals surface area contributed by atoms with Crippen LogP contribution in [0.15, 0.2) is 78.9 Å². The highest BCUT2D eigenvalue weighted by Crippen LogP contribution is 2.38. The number of nitrogens with one attached hydrogen (secondary N) is 2. The van der Waals surface area contributed by atoms with Crippen molar-refractivity contribution in [2.24, 2.45) is 0 Å². The van der Waals surface area contributed by atoms with Gasteiger partial charge >= 0.3 is 12.0 Å². The zero-order chi connectivity index (χ0) is 31.5. The lowest BCUT2D eigenvalue weighted by Crippen LogP contribution is -2.43. The maximum Gasteiger partial charge on any atom is 0.325 e. The Morgan fingerprint density at radius 2 is 1.61 bits per heavy atom. The molecule has 4 rings (SSSR count). The Bertz CT molecular complexity index is 1320. The van der Waals surface area contributed by atoms with Crippen LogP contribution in [0.5, 0.6) is 0 Å². The molecular weight excluding hydrogens is 562 g/mol. The van der Waals surface area contributed by atoms with E-state index in [1.807, 2.05) is 92.8 Å². The summed E-state index contributed by atoms with van der Waals surface area (Å²) < 4.78 is 17.7. The lowest BCUT2D eigenvalue weighted by atomic mass is 9.98. The van der Waals surface area contributed by atoms with Gasteiger partial charge in [-0.3, -0.25) is 9.69 Å². The van der Waals surface area contributed by atoms with Gasteiger partial charge in [0.25, 0.3) is 0 Å². The van der Waals surface area contributed by atoms with Crippen molar-refractivity contribution >= 4 is 12.0 Å². The molecule has 0 bridgehead atoms. The molecule has 10 heteroatoms. The van der Waals surface area contributed by atoms with E-state index in [9.17, 15) is 19.8 Å². The van der Waals surface area contributed by atoms with Crippen molar-refractivity contribution in [3.8, 4) is 0 Å². The standard InChI is InChI=1S/C34H43N3O7/c1-4-42-31(39)20-36-34(41)35-19-24-10-16-28(17-11-24)33-43-29(18-30(44-33)26-14-12-25(22-38)13-15-26)21-37(3)23(2)32(40)27-8-6-5-7-9-27/h5-17,23,29-30,32-33,38,40H,4,18-22H2,1-3H3,(H2,35,36,41)/t23-,29+,30-,32-,33-/m0/s1. The van der Waals surface area contributed by atoms with Gasteiger partial charge in [0, 0.05) is 31.1 Å². The molecule has 0 aliphatic carbocycles. The summed E-state index contributed by atoms with van der Waals surface area (Å²) in [5, 5.41) is 25.7. The maximum atomic E-state index is 12.0. The number of aliphatic hydroxyl groups is 2. The molecule has 1 aliphatic heterocycles. The number of aliphatic hydroxyl groups excluding tert-OH is 2. The van der Waals surface area contributed by atoms with Gasteiger partial charge in [-0.25, -0.2) is 4.79 Å². The van der Waals surface area contributed by atoms with Crippen LogP contribution in [-0.2, 0) is 32.2 Å². The Morgan fingerprint density at radius 1 is 0.955 bits per heavy atom. The molecule has 1 fully saturated rings. The molecule has 3 aromatic rings. The molecule has 44 heavy (non-hydrogen) atoms. The number of carbonyl (C=O) groups is 2. The van der Waals surface area contributed by atoms with Crippen molar-refractivity contribution in [3.05, 3.63) is 107 Å². The van der Waals surface area contributed by atoms with E-state index >= 15 is 0 Å². The van der Waals surface area contributed by atoms with Gasteiger partial charge in [0.15, 0.2) is 6.29 Å². The van der Waals surface area contributed by atoms with Crippen molar-refractivity contribution in [1.29, 1.82) is 0 Å². The quantitative estimate of drug-likeness (QED) is 0.214. The fourth-order valence-electron chi connectivity index (χ4n) is 5.09. The molecule has 236 valence electrons. The van der Waals surface area contributed by atoms with Gasteiger partial charge in [-0.05, 0) is 43.1 Å². The van der Waals surface area contributed by atoms with Crippen LogP contribution < -0.4 is 10.6 Å². The number of esters is 1. The number of hydrogen-bond acceptors (Lipinski definition) is 8. The molecule has 1 heterocycles. The average Bonchev–Trinajstić information content (AvgIpc) is 3.06. The van der Waals surface area contributed by atoms with Crippen LogP contribution in [0.1, 0.15) is 66.6 Å². The van der Waals surface area contributed by atoms with Crippen LogP contribution in [0.3, 0.4) is 0 Å². The first kappa shape index (κ1) is 33.1. The van der Waals surface area contributed by atoms with E-state index in [1.54, 1.807) is 6.92 Å². The highest BCUT2D eigenvalue weighted by molar-refractivity contribution is 5.80. The molecule has 0 spiro atoms. The van der Waals surface area contributed by atoms with Crippen LogP contribution in [0.25, 0.3) is 0 Å². The molecule has 5 atom stereocenters. The highest BCUT2D eigenvalue weighted by atomic mass is 16.7. The molecule has 1 saturated heterocycles. The van der Waals surface area contributed by atoms with E-state index in [0.29, 0.717) is 13.0 Å². The number of urea groups is 1. The topological polar surface area (TPSA) is 130 Å². The highest BCUT2D eigenvalue weighted by Gasteiger charge is 2.34. The van der Waals surface area contributed by atoms with Crippen LogP contribution in [0.4, 0.5) is 4.79 Å². The summed E-state index contributed by atoms with van der Waals surface area (Å²) in [5.74, 6) is -0.492. The average molecular weight is 606 g/mol. The third-order valence-electron chi connectivity index (χ3n) is 7.80. The summed E-state index contributed by atoms with van der Waals surface area (Å²) in [6, 6.07) is 24.4. The number of rotatable bonds is 13. The smallest absolute Gasteiger partial charge is 0.325 e. The Hall–Kier alpha value is -3.80. The Balaban J connectivity index is 1.42. The number of benzene rings is 3. The summed E-state index contributed by atoms with van der Waals surface area (Å²) >= 11 is 0. The van der Waals surface area contributed by atoms with Crippen LogP contribution in [0.2, 0.25) is 0 Å². The lowest BCUT2D eigenvalue weighted by Gasteiger charge is -2.39. The minimum atomic E-state index is -0.646. The molecule has 0 unspecified atom stereocenters. The first-order valence-corrected chi connectivity index (χ1v) is 15.0. The van der Waals surface area contributed by atoms with E-state index in [1.165, 1.54) is 0 Å². The van der Waals surface area contributed by atoms with Crippen LogP contribution >= 0.6 is 0 Å². The summed E-state index contributed by atoms with van der Waals surface area (Å²) in [5.41, 5.74) is 4.39. The van der Waals surface area contributed by atoms with Crippen LogP contribution in [-0.4, -0.2) is 66.0 Å². The fraction of sp³-hybridized carbons (Fsp3) is 0.412. The van der Waals surface area contributed by atoms with Gasteiger partial charge < -0.3 is 35.1 Å². The molecule has 4 N–H and O–H groups in total. The van der Waals surface area contributed by atoms with Crippen molar-refractivity contribution in [2.75, 3.05) is 26.7 Å². The SMILES string of the molecule is CCOC(=O)CNC(=O)NCc1ccc([C@H]2O[C@@H](CN(C)[C@@H](C)[C@H](O)c3ccccc3)C[C@@H](c3ccc(CO)cc3)O2)cc1. The van der Waals surface area contributed by atoms with Gasteiger partial charge in [-0.1, -0.05) is 78.9 Å². The number of carbonyl (C=O) groups excluding carboxylic acids is 2. The first-order chi connectivity index (χ1) is 21.3. The summed E-state index contributed by atoms with van der Waals surface area (Å²) in [4.78, 5) is 25.6. The van der Waals surface area contributed by atoms with E-state index in [4.69, 9.17) is 14.2 Å². The third kappa shape index (κ3) is 9.35. The molecule has 2 amide bonds. The lowest BCUT2D eigenvalue weighted by molar-refractivity contribution is -0.253. The van der Waals surface area contributed by atoms with Crippen molar-refractivity contribution < 1.29 is 34.0 Å². The minimum absolute atomic E-state index is 0.0269.